The first-order valence-electron chi connectivity index (χ1n) is 7.12. The number of carbonyl (C=O) groups excluding carboxylic acids is 1. The maximum Gasteiger partial charge on any atom is 0.176 e. The third kappa shape index (κ3) is 4.08. The van der Waals surface area contributed by atoms with Crippen molar-refractivity contribution in [3.05, 3.63) is 29.8 Å². The topological polar surface area (TPSA) is 20.3 Å². The molecular formula is C16H23NOS. The number of hydrogen-bond donors (Lipinski definition) is 0. The summed E-state index contributed by atoms with van der Waals surface area (Å²) in [6.07, 6.45) is 7.10. The molecule has 19 heavy (non-hydrogen) atoms. The zero-order chi connectivity index (χ0) is 13.7. The van der Waals surface area contributed by atoms with E-state index in [2.05, 4.69) is 18.1 Å². The van der Waals surface area contributed by atoms with E-state index < -0.39 is 0 Å². The zero-order valence-corrected chi connectivity index (χ0v) is 12.7. The Morgan fingerprint density at radius 2 is 2.00 bits per heavy atom. The molecule has 1 unspecified atom stereocenters. The van der Waals surface area contributed by atoms with Gasteiger partial charge in [-0.05, 0) is 44.7 Å². The molecule has 2 rings (SSSR count). The summed E-state index contributed by atoms with van der Waals surface area (Å²) < 4.78 is 0. The quantitative estimate of drug-likeness (QED) is 0.616. The lowest BCUT2D eigenvalue weighted by molar-refractivity contribution is 0.0901. The Morgan fingerprint density at radius 3 is 2.68 bits per heavy atom. The largest absolute Gasteiger partial charge is 0.293 e. The monoisotopic (exact) mass is 277 g/mol. The smallest absolute Gasteiger partial charge is 0.176 e. The standard InChI is InChI=1S/C16H23NOS/c1-13-6-4-3-5-11-17(13)12-16(18)14-7-9-15(19-2)10-8-14/h7-10,13H,3-6,11-12H2,1-2H3. The maximum atomic E-state index is 12.3. The van der Waals surface area contributed by atoms with E-state index in [0.717, 1.165) is 12.1 Å². The maximum absolute atomic E-state index is 12.3. The fourth-order valence-corrected chi connectivity index (χ4v) is 3.03. The van der Waals surface area contributed by atoms with E-state index in [9.17, 15) is 4.79 Å². The summed E-state index contributed by atoms with van der Waals surface area (Å²) in [5.74, 6) is 0.251. The highest BCUT2D eigenvalue weighted by Gasteiger charge is 2.19. The van der Waals surface area contributed by atoms with Gasteiger partial charge >= 0.3 is 0 Å². The van der Waals surface area contributed by atoms with Gasteiger partial charge in [0.25, 0.3) is 0 Å². The molecule has 1 aromatic carbocycles. The molecule has 0 aromatic heterocycles. The van der Waals surface area contributed by atoms with Gasteiger partial charge in [-0.25, -0.2) is 0 Å². The number of likely N-dealkylation sites (tertiary alicyclic amines) is 1. The molecule has 104 valence electrons. The second-order valence-electron chi connectivity index (χ2n) is 5.32. The minimum absolute atomic E-state index is 0.251. The minimum Gasteiger partial charge on any atom is -0.293 e. The number of carbonyl (C=O) groups is 1. The van der Waals surface area contributed by atoms with Gasteiger partial charge in [0.2, 0.25) is 0 Å². The Labute approximate surface area is 120 Å². The average molecular weight is 277 g/mol. The van der Waals surface area contributed by atoms with Crippen molar-refractivity contribution in [2.45, 2.75) is 43.5 Å². The molecule has 0 bridgehead atoms. The SMILES string of the molecule is CSc1ccc(C(=O)CN2CCCCCC2C)cc1. The summed E-state index contributed by atoms with van der Waals surface area (Å²) in [7, 11) is 0. The van der Waals surface area contributed by atoms with Crippen LogP contribution in [0.1, 0.15) is 43.0 Å². The highest BCUT2D eigenvalue weighted by Crippen LogP contribution is 2.18. The van der Waals surface area contributed by atoms with Gasteiger partial charge in [-0.2, -0.15) is 0 Å². The molecule has 1 heterocycles. The number of Topliss-reactive ketones (excluding diaryl/α,β-unsaturated/α-hetero) is 1. The Balaban J connectivity index is 1.98. The highest BCUT2D eigenvalue weighted by molar-refractivity contribution is 7.98. The Morgan fingerprint density at radius 1 is 1.26 bits per heavy atom. The van der Waals surface area contributed by atoms with Crippen molar-refractivity contribution >= 4 is 17.5 Å². The number of benzene rings is 1. The van der Waals surface area contributed by atoms with E-state index in [1.165, 1.54) is 30.6 Å². The summed E-state index contributed by atoms with van der Waals surface area (Å²) in [4.78, 5) is 15.9. The molecule has 0 saturated carbocycles. The third-order valence-corrected chi connectivity index (χ3v) is 4.69. The van der Waals surface area contributed by atoms with Gasteiger partial charge in [0.05, 0.1) is 6.54 Å². The lowest BCUT2D eigenvalue weighted by Gasteiger charge is -2.26. The molecule has 1 atom stereocenters. The van der Waals surface area contributed by atoms with Crippen molar-refractivity contribution in [1.29, 1.82) is 0 Å². The van der Waals surface area contributed by atoms with Crippen LogP contribution in [0.25, 0.3) is 0 Å². The van der Waals surface area contributed by atoms with E-state index in [4.69, 9.17) is 0 Å². The first-order chi connectivity index (χ1) is 9.20. The molecule has 0 N–H and O–H groups in total. The van der Waals surface area contributed by atoms with Gasteiger partial charge < -0.3 is 0 Å². The molecule has 0 spiro atoms. The molecule has 0 aliphatic carbocycles. The van der Waals surface area contributed by atoms with Crippen LogP contribution in [0.15, 0.2) is 29.2 Å². The van der Waals surface area contributed by atoms with Crippen LogP contribution < -0.4 is 0 Å². The van der Waals surface area contributed by atoms with Crippen molar-refractivity contribution < 1.29 is 4.79 Å². The van der Waals surface area contributed by atoms with Crippen molar-refractivity contribution in [2.24, 2.45) is 0 Å². The van der Waals surface area contributed by atoms with Gasteiger partial charge in [0.15, 0.2) is 5.78 Å². The third-order valence-electron chi connectivity index (χ3n) is 3.95. The average Bonchev–Trinajstić information content (AvgIpc) is 2.64. The fourth-order valence-electron chi connectivity index (χ4n) is 2.62. The fraction of sp³-hybridized carbons (Fsp3) is 0.562. The number of thioether (sulfide) groups is 1. The lowest BCUT2D eigenvalue weighted by atomic mass is 10.1. The van der Waals surface area contributed by atoms with Crippen LogP contribution in [-0.4, -0.2) is 36.1 Å². The van der Waals surface area contributed by atoms with Gasteiger partial charge in [0, 0.05) is 16.5 Å². The first-order valence-corrected chi connectivity index (χ1v) is 8.34. The van der Waals surface area contributed by atoms with Crippen LogP contribution >= 0.6 is 11.8 Å². The lowest BCUT2D eigenvalue weighted by Crippen LogP contribution is -2.37. The van der Waals surface area contributed by atoms with Crippen molar-refractivity contribution in [3.8, 4) is 0 Å². The van der Waals surface area contributed by atoms with Gasteiger partial charge in [-0.15, -0.1) is 11.8 Å². The second kappa shape index (κ2) is 7.11. The normalized spacial score (nSPS) is 21.1. The predicted octanol–water partition coefficient (Wildman–Crippen LogP) is 3.86. The van der Waals surface area contributed by atoms with E-state index in [-0.39, 0.29) is 5.78 Å². The number of hydrogen-bond acceptors (Lipinski definition) is 3. The van der Waals surface area contributed by atoms with Crippen LogP contribution in [0, 0.1) is 0 Å². The predicted molar refractivity (Wildman–Crippen MR) is 82.1 cm³/mol. The summed E-state index contributed by atoms with van der Waals surface area (Å²) in [6, 6.07) is 8.51. The van der Waals surface area contributed by atoms with Crippen molar-refractivity contribution in [1.82, 2.24) is 4.90 Å². The van der Waals surface area contributed by atoms with E-state index >= 15 is 0 Å². The number of ketones is 1. The Hall–Kier alpha value is -0.800. The Kier molecular flexibility index (Phi) is 5.46. The molecule has 0 amide bonds. The number of rotatable bonds is 4. The number of nitrogens with zero attached hydrogens (tertiary/aromatic N) is 1. The van der Waals surface area contributed by atoms with Gasteiger partial charge in [0.1, 0.15) is 0 Å². The van der Waals surface area contributed by atoms with Crippen LogP contribution in [0.4, 0.5) is 0 Å². The van der Waals surface area contributed by atoms with Crippen LogP contribution in [0.3, 0.4) is 0 Å². The van der Waals surface area contributed by atoms with Gasteiger partial charge in [-0.1, -0.05) is 25.0 Å². The van der Waals surface area contributed by atoms with Gasteiger partial charge in [-0.3, -0.25) is 9.69 Å². The molecule has 1 aromatic rings. The van der Waals surface area contributed by atoms with E-state index in [1.54, 1.807) is 11.8 Å². The molecule has 1 aliphatic heterocycles. The van der Waals surface area contributed by atoms with Crippen molar-refractivity contribution in [3.63, 3.8) is 0 Å². The molecule has 2 nitrogen and oxygen atoms in total. The van der Waals surface area contributed by atoms with E-state index in [1.807, 2.05) is 24.3 Å². The molecule has 1 saturated heterocycles. The van der Waals surface area contributed by atoms with E-state index in [0.29, 0.717) is 12.6 Å². The highest BCUT2D eigenvalue weighted by atomic mass is 32.2. The van der Waals surface area contributed by atoms with Crippen molar-refractivity contribution in [2.75, 3.05) is 19.3 Å². The van der Waals surface area contributed by atoms with Crippen LogP contribution in [0.2, 0.25) is 0 Å². The Bertz CT molecular complexity index is 415. The molecule has 1 fully saturated rings. The molecule has 3 heteroatoms. The molecule has 1 aliphatic rings. The minimum atomic E-state index is 0.251. The summed E-state index contributed by atoms with van der Waals surface area (Å²) >= 11 is 1.71. The zero-order valence-electron chi connectivity index (χ0n) is 11.9. The molecular weight excluding hydrogens is 254 g/mol. The summed E-state index contributed by atoms with van der Waals surface area (Å²) in [5, 5.41) is 0. The first kappa shape index (κ1) is 14.6. The second-order valence-corrected chi connectivity index (χ2v) is 6.20. The summed E-state index contributed by atoms with van der Waals surface area (Å²) in [6.45, 7) is 3.88. The summed E-state index contributed by atoms with van der Waals surface area (Å²) in [5.41, 5.74) is 0.842. The molecule has 0 radical (unpaired) electrons. The van der Waals surface area contributed by atoms with Crippen LogP contribution in [-0.2, 0) is 0 Å². The van der Waals surface area contributed by atoms with Crippen LogP contribution in [0.5, 0.6) is 0 Å².